The Morgan fingerprint density at radius 3 is 2.15 bits per heavy atom. The molecule has 0 radical (unpaired) electrons. The number of carbonyl (C=O) groups is 2. The molecule has 0 fully saturated rings. The van der Waals surface area contributed by atoms with Crippen molar-refractivity contribution < 1.29 is 14.2 Å². The van der Waals surface area contributed by atoms with Crippen molar-refractivity contribution in [3.05, 3.63) is 52.6 Å². The monoisotopic (exact) mass is 367 g/mol. The van der Waals surface area contributed by atoms with Crippen molar-refractivity contribution in [3.8, 4) is 0 Å². The minimum atomic E-state index is -0.0101. The average Bonchev–Trinajstić information content (AvgIpc) is 2.96. The summed E-state index contributed by atoms with van der Waals surface area (Å²) in [6.45, 7) is 8.00. The average molecular weight is 368 g/mol. The number of benzene rings is 1. The highest BCUT2D eigenvalue weighted by Crippen LogP contribution is 2.27. The lowest BCUT2D eigenvalue weighted by Crippen LogP contribution is -2.43. The van der Waals surface area contributed by atoms with Crippen molar-refractivity contribution in [1.29, 1.82) is 0 Å². The second-order valence-corrected chi connectivity index (χ2v) is 7.52. The third-order valence-electron chi connectivity index (χ3n) is 5.61. The molecule has 4 heteroatoms. The Labute approximate surface area is 162 Å². The number of unbranched alkanes of at least 4 members (excludes halogenated alkanes) is 5. The van der Waals surface area contributed by atoms with Gasteiger partial charge < -0.3 is 0 Å². The number of aromatic nitrogens is 2. The van der Waals surface area contributed by atoms with Gasteiger partial charge in [-0.3, -0.25) is 9.59 Å². The fourth-order valence-electron chi connectivity index (χ4n) is 4.06. The van der Waals surface area contributed by atoms with Gasteiger partial charge in [0.05, 0.1) is 13.1 Å². The van der Waals surface area contributed by atoms with Crippen LogP contribution in [0.2, 0.25) is 0 Å². The van der Waals surface area contributed by atoms with E-state index < -0.39 is 0 Å². The Morgan fingerprint density at radius 1 is 0.852 bits per heavy atom. The molecule has 0 saturated heterocycles. The molecule has 1 aliphatic carbocycles. The van der Waals surface area contributed by atoms with E-state index in [1.54, 1.807) is 12.1 Å². The molecule has 0 aliphatic heterocycles. The number of hydrogen-bond acceptors (Lipinski definition) is 2. The molecule has 3 rings (SSSR count). The predicted molar refractivity (Wildman–Crippen MR) is 106 cm³/mol. The molecule has 0 amide bonds. The molecule has 4 nitrogen and oxygen atoms in total. The predicted octanol–water partition coefficient (Wildman–Crippen LogP) is 4.63. The maximum atomic E-state index is 13.3. The molecule has 1 aliphatic rings. The van der Waals surface area contributed by atoms with Gasteiger partial charge in [0.2, 0.25) is 23.0 Å². The molecule has 0 N–H and O–H groups in total. The number of imidazole rings is 1. The lowest BCUT2D eigenvalue weighted by Gasteiger charge is -2.13. The molecule has 2 aromatic rings. The second kappa shape index (κ2) is 8.64. The minimum absolute atomic E-state index is 0.00731. The zero-order chi connectivity index (χ0) is 19.4. The molecular formula is C23H31N2O2+. The fraction of sp³-hybridized carbons (Fsp3) is 0.522. The van der Waals surface area contributed by atoms with Gasteiger partial charge in [0.25, 0.3) is 5.82 Å². The molecule has 1 heterocycles. The molecule has 27 heavy (non-hydrogen) atoms. The quantitative estimate of drug-likeness (QED) is 0.409. The lowest BCUT2D eigenvalue weighted by molar-refractivity contribution is -0.704. The van der Waals surface area contributed by atoms with Crippen molar-refractivity contribution in [3.63, 3.8) is 0 Å². The van der Waals surface area contributed by atoms with Crippen LogP contribution in [-0.2, 0) is 13.1 Å². The van der Waals surface area contributed by atoms with Gasteiger partial charge in [-0.25, -0.2) is 9.13 Å². The zero-order valence-electron chi connectivity index (χ0n) is 16.9. The number of rotatable bonds is 9. The first-order valence-corrected chi connectivity index (χ1v) is 10.4. The third kappa shape index (κ3) is 3.62. The maximum Gasteiger partial charge on any atom is 0.254 e. The number of carbonyl (C=O) groups excluding carboxylic acids is 2. The summed E-state index contributed by atoms with van der Waals surface area (Å²) in [6.07, 6.45) is 7.96. The molecule has 0 atom stereocenters. The number of nitrogens with zero attached hydrogens (tertiary/aromatic N) is 2. The molecule has 1 aromatic carbocycles. The van der Waals surface area contributed by atoms with Crippen molar-refractivity contribution in [2.45, 2.75) is 78.8 Å². The van der Waals surface area contributed by atoms with Crippen LogP contribution in [-0.4, -0.2) is 16.1 Å². The number of fused-ring (bicyclic) bond motifs is 2. The summed E-state index contributed by atoms with van der Waals surface area (Å²) < 4.78 is 4.19. The van der Waals surface area contributed by atoms with Gasteiger partial charge in [0.15, 0.2) is 0 Å². The van der Waals surface area contributed by atoms with E-state index in [0.717, 1.165) is 44.6 Å². The Balaban J connectivity index is 2.01. The van der Waals surface area contributed by atoms with Crippen LogP contribution in [0.5, 0.6) is 0 Å². The normalized spacial score (nSPS) is 13.0. The summed E-state index contributed by atoms with van der Waals surface area (Å²) in [5.41, 5.74) is 2.28. The van der Waals surface area contributed by atoms with Gasteiger partial charge >= 0.3 is 0 Å². The van der Waals surface area contributed by atoms with E-state index in [9.17, 15) is 9.59 Å². The standard InChI is InChI=1S/C23H31N2O2/c1-4-6-8-9-12-16-25-17(3)24(15-7-5-2)20-21(25)23(27)19-14-11-10-13-18(19)22(20)26/h10-11,13-14H,4-9,12,15-16H2,1-3H3/q+1. The van der Waals surface area contributed by atoms with Crippen LogP contribution in [0.1, 0.15) is 96.7 Å². The first kappa shape index (κ1) is 19.5. The Kier molecular flexibility index (Phi) is 6.25. The highest BCUT2D eigenvalue weighted by atomic mass is 16.1. The van der Waals surface area contributed by atoms with E-state index >= 15 is 0 Å². The van der Waals surface area contributed by atoms with Crippen molar-refractivity contribution >= 4 is 11.6 Å². The van der Waals surface area contributed by atoms with E-state index in [4.69, 9.17) is 0 Å². The summed E-state index contributed by atoms with van der Waals surface area (Å²) in [7, 11) is 0. The maximum absolute atomic E-state index is 13.3. The Hall–Kier alpha value is -2.23. The largest absolute Gasteiger partial charge is 0.284 e. The molecule has 144 valence electrons. The van der Waals surface area contributed by atoms with Crippen LogP contribution in [0, 0.1) is 6.92 Å². The number of hydrogen-bond donors (Lipinski definition) is 0. The van der Waals surface area contributed by atoms with Gasteiger partial charge in [0.1, 0.15) is 0 Å². The minimum Gasteiger partial charge on any atom is -0.284 e. The van der Waals surface area contributed by atoms with E-state index in [2.05, 4.69) is 23.0 Å². The molecule has 0 saturated carbocycles. The molecule has 0 unspecified atom stereocenters. The van der Waals surface area contributed by atoms with Crippen LogP contribution >= 0.6 is 0 Å². The molecule has 1 aromatic heterocycles. The van der Waals surface area contributed by atoms with Crippen LogP contribution in [0.15, 0.2) is 24.3 Å². The Bertz CT molecular complexity index is 848. The summed E-state index contributed by atoms with van der Waals surface area (Å²) in [4.78, 5) is 26.5. The summed E-state index contributed by atoms with van der Waals surface area (Å²) in [6, 6.07) is 7.23. The second-order valence-electron chi connectivity index (χ2n) is 7.52. The highest BCUT2D eigenvalue weighted by molar-refractivity contribution is 6.26. The zero-order valence-corrected chi connectivity index (χ0v) is 16.9. The van der Waals surface area contributed by atoms with Crippen molar-refractivity contribution in [2.24, 2.45) is 0 Å². The van der Waals surface area contributed by atoms with E-state index in [0.29, 0.717) is 22.5 Å². The third-order valence-corrected chi connectivity index (χ3v) is 5.61. The van der Waals surface area contributed by atoms with Crippen LogP contribution in [0.25, 0.3) is 0 Å². The van der Waals surface area contributed by atoms with E-state index in [-0.39, 0.29) is 11.6 Å². The topological polar surface area (TPSA) is 43.0 Å². The first-order chi connectivity index (χ1) is 13.1. The van der Waals surface area contributed by atoms with Crippen molar-refractivity contribution in [2.75, 3.05) is 0 Å². The van der Waals surface area contributed by atoms with Crippen LogP contribution < -0.4 is 4.57 Å². The SMILES string of the molecule is CCCCCCC[n+]1c2c(n(CCCC)c1C)C(=O)c1ccccc1C2=O. The number of ketones is 2. The van der Waals surface area contributed by atoms with Gasteiger partial charge in [-0.1, -0.05) is 63.8 Å². The Morgan fingerprint density at radius 2 is 1.48 bits per heavy atom. The summed E-state index contributed by atoms with van der Waals surface area (Å²) >= 11 is 0. The smallest absolute Gasteiger partial charge is 0.254 e. The first-order valence-electron chi connectivity index (χ1n) is 10.4. The van der Waals surface area contributed by atoms with Crippen molar-refractivity contribution in [1.82, 2.24) is 4.57 Å². The van der Waals surface area contributed by atoms with E-state index in [1.807, 2.05) is 19.1 Å². The van der Waals surface area contributed by atoms with Crippen LogP contribution in [0.3, 0.4) is 0 Å². The van der Waals surface area contributed by atoms with Gasteiger partial charge in [0, 0.05) is 18.1 Å². The molecule has 0 spiro atoms. The van der Waals surface area contributed by atoms with Gasteiger partial charge in [-0.15, -0.1) is 0 Å². The molecule has 0 bridgehead atoms. The van der Waals surface area contributed by atoms with Gasteiger partial charge in [-0.05, 0) is 19.3 Å². The van der Waals surface area contributed by atoms with Gasteiger partial charge in [-0.2, -0.15) is 0 Å². The fourth-order valence-corrected chi connectivity index (χ4v) is 4.06. The van der Waals surface area contributed by atoms with Crippen LogP contribution in [0.4, 0.5) is 0 Å². The van der Waals surface area contributed by atoms with E-state index in [1.165, 1.54) is 19.3 Å². The molecular weight excluding hydrogens is 336 g/mol. The summed E-state index contributed by atoms with van der Waals surface area (Å²) in [5, 5.41) is 0. The lowest BCUT2D eigenvalue weighted by atomic mass is 9.90. The highest BCUT2D eigenvalue weighted by Gasteiger charge is 2.42. The summed E-state index contributed by atoms with van der Waals surface area (Å²) in [5.74, 6) is 1.01.